The van der Waals surface area contributed by atoms with Crippen LogP contribution in [0.1, 0.15) is 4.88 Å². The van der Waals surface area contributed by atoms with Crippen LogP contribution in [-0.4, -0.2) is 22.5 Å². The van der Waals surface area contributed by atoms with Gasteiger partial charge < -0.3 is 5.11 Å². The lowest BCUT2D eigenvalue weighted by Crippen LogP contribution is -1.83. The van der Waals surface area contributed by atoms with Crippen LogP contribution in [0.3, 0.4) is 0 Å². The molecular formula is C6H8BrNOS2. The van der Waals surface area contributed by atoms with E-state index >= 15 is 0 Å². The van der Waals surface area contributed by atoms with Gasteiger partial charge in [0, 0.05) is 22.2 Å². The predicted molar refractivity (Wildman–Crippen MR) is 52.6 cm³/mol. The molecule has 0 spiro atoms. The lowest BCUT2D eigenvalue weighted by Gasteiger charge is -1.89. The highest BCUT2D eigenvalue weighted by Crippen LogP contribution is 2.24. The third-order valence-corrected chi connectivity index (χ3v) is 4.09. The van der Waals surface area contributed by atoms with Gasteiger partial charge in [-0.3, -0.25) is 0 Å². The second-order valence-corrected chi connectivity index (χ2v) is 4.82. The minimum absolute atomic E-state index is 0.216. The van der Waals surface area contributed by atoms with Crippen LogP contribution in [0, 0.1) is 0 Å². The number of aliphatic hydroxyl groups is 1. The Balaban J connectivity index is 2.44. The molecule has 0 fully saturated rings. The van der Waals surface area contributed by atoms with Crippen LogP contribution < -0.4 is 0 Å². The van der Waals surface area contributed by atoms with Crippen molar-refractivity contribution < 1.29 is 5.11 Å². The largest absolute Gasteiger partial charge is 0.396 e. The number of aromatic nitrogens is 1. The third kappa shape index (κ3) is 3.11. The zero-order valence-corrected chi connectivity index (χ0v) is 9.01. The van der Waals surface area contributed by atoms with Gasteiger partial charge >= 0.3 is 0 Å². The standard InChI is InChI=1S/C6H8BrNOS2/c7-3-5-4-8-6(11-5)10-2-1-9/h4,9H,1-3H2. The third-order valence-electron chi connectivity index (χ3n) is 0.981. The fraction of sp³-hybridized carbons (Fsp3) is 0.500. The molecule has 0 saturated heterocycles. The Bertz CT molecular complexity index is 216. The van der Waals surface area contributed by atoms with Gasteiger partial charge in [-0.2, -0.15) is 0 Å². The lowest BCUT2D eigenvalue weighted by atomic mass is 10.7. The quantitative estimate of drug-likeness (QED) is 0.660. The van der Waals surface area contributed by atoms with Gasteiger partial charge in [-0.05, 0) is 0 Å². The van der Waals surface area contributed by atoms with Gasteiger partial charge in [0.15, 0.2) is 0 Å². The second-order valence-electron chi connectivity index (χ2n) is 1.80. The second kappa shape index (κ2) is 5.13. The SMILES string of the molecule is OCCSc1ncc(CBr)s1. The Labute approximate surface area is 82.2 Å². The molecule has 0 aliphatic heterocycles. The molecule has 62 valence electrons. The summed E-state index contributed by atoms with van der Waals surface area (Å²) >= 11 is 6.61. The average molecular weight is 254 g/mol. The number of alkyl halides is 1. The Hall–Kier alpha value is 0.420. The first-order valence-electron chi connectivity index (χ1n) is 3.11. The molecule has 0 aliphatic rings. The summed E-state index contributed by atoms with van der Waals surface area (Å²) in [6.07, 6.45) is 1.86. The highest BCUT2D eigenvalue weighted by molar-refractivity contribution is 9.08. The number of hydrogen-bond donors (Lipinski definition) is 1. The van der Waals surface area contributed by atoms with Crippen LogP contribution in [0.2, 0.25) is 0 Å². The smallest absolute Gasteiger partial charge is 0.150 e. The van der Waals surface area contributed by atoms with E-state index in [1.807, 2.05) is 6.20 Å². The van der Waals surface area contributed by atoms with Crippen LogP contribution in [0.15, 0.2) is 10.5 Å². The first-order valence-corrected chi connectivity index (χ1v) is 6.03. The fourth-order valence-corrected chi connectivity index (χ4v) is 2.73. The van der Waals surface area contributed by atoms with E-state index in [0.29, 0.717) is 0 Å². The van der Waals surface area contributed by atoms with Crippen molar-refractivity contribution in [2.24, 2.45) is 0 Å². The van der Waals surface area contributed by atoms with Gasteiger partial charge in [0.25, 0.3) is 0 Å². The van der Waals surface area contributed by atoms with Crippen molar-refractivity contribution in [2.75, 3.05) is 12.4 Å². The molecule has 1 heterocycles. The molecule has 0 radical (unpaired) electrons. The summed E-state index contributed by atoms with van der Waals surface area (Å²) in [5.41, 5.74) is 0. The zero-order valence-electron chi connectivity index (χ0n) is 5.79. The summed E-state index contributed by atoms with van der Waals surface area (Å²) < 4.78 is 1.04. The maximum Gasteiger partial charge on any atom is 0.150 e. The van der Waals surface area contributed by atoms with E-state index in [9.17, 15) is 0 Å². The maximum atomic E-state index is 8.54. The van der Waals surface area contributed by atoms with Gasteiger partial charge in [-0.1, -0.05) is 27.7 Å². The molecule has 1 aromatic rings. The topological polar surface area (TPSA) is 33.1 Å². The minimum atomic E-state index is 0.216. The Morgan fingerprint density at radius 1 is 1.73 bits per heavy atom. The number of rotatable bonds is 4. The van der Waals surface area contributed by atoms with Crippen LogP contribution in [0.4, 0.5) is 0 Å². The highest BCUT2D eigenvalue weighted by Gasteiger charge is 1.99. The Morgan fingerprint density at radius 3 is 3.09 bits per heavy atom. The molecule has 5 heteroatoms. The molecule has 0 amide bonds. The lowest BCUT2D eigenvalue weighted by molar-refractivity contribution is 0.322. The van der Waals surface area contributed by atoms with Crippen molar-refractivity contribution in [3.8, 4) is 0 Å². The van der Waals surface area contributed by atoms with Gasteiger partial charge in [-0.25, -0.2) is 4.98 Å². The zero-order chi connectivity index (χ0) is 8.10. The van der Waals surface area contributed by atoms with Crippen LogP contribution in [-0.2, 0) is 5.33 Å². The van der Waals surface area contributed by atoms with Crippen molar-refractivity contribution in [3.63, 3.8) is 0 Å². The van der Waals surface area contributed by atoms with E-state index in [-0.39, 0.29) is 6.61 Å². The van der Waals surface area contributed by atoms with Gasteiger partial charge in [0.2, 0.25) is 0 Å². The molecule has 0 bridgehead atoms. The molecule has 0 saturated carbocycles. The Kier molecular flexibility index (Phi) is 4.44. The maximum absolute atomic E-state index is 8.54. The molecule has 0 aliphatic carbocycles. The Morgan fingerprint density at radius 2 is 2.55 bits per heavy atom. The normalized spacial score (nSPS) is 10.4. The van der Waals surface area contributed by atoms with Crippen LogP contribution in [0.25, 0.3) is 0 Å². The number of nitrogens with zero attached hydrogens (tertiary/aromatic N) is 1. The number of thiazole rings is 1. The van der Waals surface area contributed by atoms with Crippen molar-refractivity contribution >= 4 is 39.0 Å². The average Bonchev–Trinajstić information content (AvgIpc) is 2.48. The van der Waals surface area contributed by atoms with E-state index in [4.69, 9.17) is 5.11 Å². The molecule has 1 rings (SSSR count). The monoisotopic (exact) mass is 253 g/mol. The molecular weight excluding hydrogens is 246 g/mol. The van der Waals surface area contributed by atoms with E-state index < -0.39 is 0 Å². The summed E-state index contributed by atoms with van der Waals surface area (Å²) in [5.74, 6) is 0.731. The fourth-order valence-electron chi connectivity index (χ4n) is 0.551. The van der Waals surface area contributed by atoms with E-state index in [1.165, 1.54) is 4.88 Å². The van der Waals surface area contributed by atoms with E-state index in [1.54, 1.807) is 23.1 Å². The molecule has 0 atom stereocenters. The number of thioether (sulfide) groups is 1. The highest BCUT2D eigenvalue weighted by atomic mass is 79.9. The van der Waals surface area contributed by atoms with Gasteiger partial charge in [-0.15, -0.1) is 11.3 Å². The molecule has 11 heavy (non-hydrogen) atoms. The summed E-state index contributed by atoms with van der Waals surface area (Å²) in [5, 5.41) is 9.40. The summed E-state index contributed by atoms with van der Waals surface area (Å²) in [7, 11) is 0. The molecule has 1 N–H and O–H groups in total. The molecule has 1 aromatic heterocycles. The number of aliphatic hydroxyl groups excluding tert-OH is 1. The van der Waals surface area contributed by atoms with Crippen LogP contribution in [0.5, 0.6) is 0 Å². The van der Waals surface area contributed by atoms with Gasteiger partial charge in [0.05, 0.1) is 6.61 Å². The van der Waals surface area contributed by atoms with Crippen LogP contribution >= 0.6 is 39.0 Å². The van der Waals surface area contributed by atoms with Crippen molar-refractivity contribution in [3.05, 3.63) is 11.1 Å². The minimum Gasteiger partial charge on any atom is -0.396 e. The summed E-state index contributed by atoms with van der Waals surface area (Å²) in [4.78, 5) is 5.39. The van der Waals surface area contributed by atoms with Crippen molar-refractivity contribution in [2.45, 2.75) is 9.67 Å². The first-order chi connectivity index (χ1) is 5.36. The molecule has 0 unspecified atom stereocenters. The summed E-state index contributed by atoms with van der Waals surface area (Å²) in [6.45, 7) is 0.216. The molecule has 0 aromatic carbocycles. The van der Waals surface area contributed by atoms with Crippen molar-refractivity contribution in [1.29, 1.82) is 0 Å². The molecule has 2 nitrogen and oxygen atoms in total. The summed E-state index contributed by atoms with van der Waals surface area (Å²) in [6, 6.07) is 0. The number of halogens is 1. The first kappa shape index (κ1) is 9.51. The van der Waals surface area contributed by atoms with E-state index in [0.717, 1.165) is 15.4 Å². The van der Waals surface area contributed by atoms with Crippen molar-refractivity contribution in [1.82, 2.24) is 4.98 Å². The van der Waals surface area contributed by atoms with Gasteiger partial charge in [0.1, 0.15) is 4.34 Å². The number of hydrogen-bond acceptors (Lipinski definition) is 4. The predicted octanol–water partition coefficient (Wildman–Crippen LogP) is 2.12. The van der Waals surface area contributed by atoms with E-state index in [2.05, 4.69) is 20.9 Å².